The van der Waals surface area contributed by atoms with E-state index in [9.17, 15) is 18.0 Å². The first-order valence-corrected chi connectivity index (χ1v) is 15.0. The third-order valence-corrected chi connectivity index (χ3v) is 8.85. The maximum absolute atomic E-state index is 14.0. The van der Waals surface area contributed by atoms with Crippen molar-refractivity contribution in [3.63, 3.8) is 0 Å². The van der Waals surface area contributed by atoms with Gasteiger partial charge in [0.15, 0.2) is 0 Å². The van der Waals surface area contributed by atoms with Gasteiger partial charge in [0.25, 0.3) is 10.0 Å². The molecule has 3 aromatic carbocycles. The molecule has 0 saturated carbocycles. The third kappa shape index (κ3) is 7.47. The van der Waals surface area contributed by atoms with Gasteiger partial charge in [0, 0.05) is 13.1 Å². The number of sulfonamides is 1. The van der Waals surface area contributed by atoms with Crippen molar-refractivity contribution in [2.24, 2.45) is 0 Å². The number of nitrogens with zero attached hydrogens (tertiary/aromatic N) is 2. The number of anilines is 1. The van der Waals surface area contributed by atoms with Crippen LogP contribution >= 0.6 is 23.2 Å². The van der Waals surface area contributed by atoms with Crippen molar-refractivity contribution in [2.75, 3.05) is 24.5 Å². The standard InChI is InChI=1S/C29H33Cl2N3O5S/c1-5-27(29(36)32-6-2)33(18-21-9-16-25(30)26(31)17-21)28(35)19-34(22-10-12-23(39-4)13-11-22)40(37,38)24-14-7-20(3)8-15-24/h7-17,27H,5-6,18-19H2,1-4H3,(H,32,36)/t27-/m0/s1. The van der Waals surface area contributed by atoms with E-state index in [2.05, 4.69) is 5.32 Å². The van der Waals surface area contributed by atoms with E-state index in [4.69, 9.17) is 27.9 Å². The number of amides is 2. The van der Waals surface area contributed by atoms with E-state index >= 15 is 0 Å². The Bertz CT molecular complexity index is 1430. The molecule has 0 bridgehead atoms. The smallest absolute Gasteiger partial charge is 0.264 e. The van der Waals surface area contributed by atoms with Crippen LogP contribution in [-0.2, 0) is 26.2 Å². The molecule has 0 aliphatic rings. The van der Waals surface area contributed by atoms with Crippen LogP contribution in [-0.4, -0.2) is 51.4 Å². The fourth-order valence-corrected chi connectivity index (χ4v) is 5.90. The van der Waals surface area contributed by atoms with Crippen molar-refractivity contribution < 1.29 is 22.7 Å². The molecule has 0 fully saturated rings. The first-order chi connectivity index (χ1) is 19.0. The highest BCUT2D eigenvalue weighted by atomic mass is 35.5. The number of carbonyl (C=O) groups is 2. The Labute approximate surface area is 245 Å². The maximum Gasteiger partial charge on any atom is 0.264 e. The first kappa shape index (κ1) is 31.3. The fourth-order valence-electron chi connectivity index (χ4n) is 4.16. The molecule has 3 rings (SSSR count). The summed E-state index contributed by atoms with van der Waals surface area (Å²) < 4.78 is 34.0. The molecule has 0 aliphatic heterocycles. The minimum absolute atomic E-state index is 0.0202. The Morgan fingerprint density at radius 2 is 1.60 bits per heavy atom. The number of ether oxygens (including phenoxy) is 1. The summed E-state index contributed by atoms with van der Waals surface area (Å²) in [5.74, 6) is -0.363. The summed E-state index contributed by atoms with van der Waals surface area (Å²) in [6, 6.07) is 16.9. The highest BCUT2D eigenvalue weighted by Gasteiger charge is 2.33. The van der Waals surface area contributed by atoms with Crippen LogP contribution in [0, 0.1) is 6.92 Å². The molecular formula is C29H33Cl2N3O5S. The minimum Gasteiger partial charge on any atom is -0.497 e. The molecule has 0 aromatic heterocycles. The van der Waals surface area contributed by atoms with Crippen LogP contribution in [0.5, 0.6) is 5.75 Å². The molecule has 0 radical (unpaired) electrons. The second-order valence-corrected chi connectivity index (χ2v) is 11.8. The molecule has 0 unspecified atom stereocenters. The van der Waals surface area contributed by atoms with Crippen molar-refractivity contribution in [3.05, 3.63) is 87.9 Å². The van der Waals surface area contributed by atoms with Crippen LogP contribution in [0.4, 0.5) is 5.69 Å². The number of benzene rings is 3. The molecular weight excluding hydrogens is 573 g/mol. The van der Waals surface area contributed by atoms with Crippen molar-refractivity contribution in [1.82, 2.24) is 10.2 Å². The Morgan fingerprint density at radius 3 is 2.15 bits per heavy atom. The van der Waals surface area contributed by atoms with Gasteiger partial charge in [-0.15, -0.1) is 0 Å². The van der Waals surface area contributed by atoms with E-state index in [0.717, 1.165) is 9.87 Å². The number of nitrogens with one attached hydrogen (secondary N) is 1. The molecule has 8 nitrogen and oxygen atoms in total. The van der Waals surface area contributed by atoms with Crippen LogP contribution < -0.4 is 14.4 Å². The topological polar surface area (TPSA) is 96.0 Å². The summed E-state index contributed by atoms with van der Waals surface area (Å²) >= 11 is 12.3. The molecule has 2 amide bonds. The highest BCUT2D eigenvalue weighted by Crippen LogP contribution is 2.28. The number of carbonyl (C=O) groups excluding carboxylic acids is 2. The lowest BCUT2D eigenvalue weighted by molar-refractivity contribution is -0.140. The van der Waals surface area contributed by atoms with Crippen LogP contribution in [0.2, 0.25) is 10.0 Å². The van der Waals surface area contributed by atoms with E-state index in [1.54, 1.807) is 68.4 Å². The van der Waals surface area contributed by atoms with Gasteiger partial charge >= 0.3 is 0 Å². The SMILES string of the molecule is CCNC(=O)[C@H](CC)N(Cc1ccc(Cl)c(Cl)c1)C(=O)CN(c1ccc(OC)cc1)S(=O)(=O)c1ccc(C)cc1. The summed E-state index contributed by atoms with van der Waals surface area (Å²) in [7, 11) is -2.65. The molecule has 3 aromatic rings. The summed E-state index contributed by atoms with van der Waals surface area (Å²) in [6.45, 7) is 5.29. The predicted molar refractivity (Wildman–Crippen MR) is 158 cm³/mol. The summed E-state index contributed by atoms with van der Waals surface area (Å²) in [4.78, 5) is 28.4. The Kier molecular flexibility index (Phi) is 10.8. The molecule has 0 heterocycles. The monoisotopic (exact) mass is 605 g/mol. The van der Waals surface area contributed by atoms with Gasteiger partial charge in [-0.2, -0.15) is 0 Å². The second-order valence-electron chi connectivity index (χ2n) is 9.11. The number of halogens is 2. The molecule has 0 spiro atoms. The van der Waals surface area contributed by atoms with E-state index in [1.807, 2.05) is 6.92 Å². The Hall–Kier alpha value is -3.27. The second kappa shape index (κ2) is 13.9. The van der Waals surface area contributed by atoms with Gasteiger partial charge in [-0.1, -0.05) is 53.9 Å². The lowest BCUT2D eigenvalue weighted by Crippen LogP contribution is -2.52. The van der Waals surface area contributed by atoms with E-state index < -0.39 is 28.5 Å². The summed E-state index contributed by atoms with van der Waals surface area (Å²) in [5.41, 5.74) is 1.81. The van der Waals surface area contributed by atoms with Gasteiger partial charge in [-0.25, -0.2) is 8.42 Å². The summed E-state index contributed by atoms with van der Waals surface area (Å²) in [6.07, 6.45) is 0.312. The molecule has 214 valence electrons. The fraction of sp³-hybridized carbons (Fsp3) is 0.310. The molecule has 0 aliphatic carbocycles. The van der Waals surface area contributed by atoms with E-state index in [1.165, 1.54) is 24.1 Å². The first-order valence-electron chi connectivity index (χ1n) is 12.8. The van der Waals surface area contributed by atoms with Crippen molar-refractivity contribution in [2.45, 2.75) is 44.7 Å². The zero-order valence-electron chi connectivity index (χ0n) is 22.9. The zero-order chi connectivity index (χ0) is 29.4. The Balaban J connectivity index is 2.07. The quantitative estimate of drug-likeness (QED) is 0.296. The van der Waals surface area contributed by atoms with E-state index in [0.29, 0.717) is 34.3 Å². The lowest BCUT2D eigenvalue weighted by Gasteiger charge is -2.33. The third-order valence-electron chi connectivity index (χ3n) is 6.32. The van der Waals surface area contributed by atoms with Crippen LogP contribution in [0.3, 0.4) is 0 Å². The van der Waals surface area contributed by atoms with Crippen LogP contribution in [0.1, 0.15) is 31.4 Å². The summed E-state index contributed by atoms with van der Waals surface area (Å²) in [5, 5.41) is 3.43. The molecule has 1 atom stereocenters. The number of hydrogen-bond donors (Lipinski definition) is 1. The molecule has 11 heteroatoms. The Morgan fingerprint density at radius 1 is 0.950 bits per heavy atom. The van der Waals surface area contributed by atoms with Gasteiger partial charge in [0.05, 0.1) is 27.7 Å². The number of rotatable bonds is 12. The molecule has 1 N–H and O–H groups in total. The van der Waals surface area contributed by atoms with E-state index in [-0.39, 0.29) is 23.0 Å². The van der Waals surface area contributed by atoms with Crippen LogP contribution in [0.25, 0.3) is 0 Å². The average molecular weight is 607 g/mol. The van der Waals surface area contributed by atoms with Crippen LogP contribution in [0.15, 0.2) is 71.6 Å². The van der Waals surface area contributed by atoms with Crippen molar-refractivity contribution >= 4 is 50.7 Å². The highest BCUT2D eigenvalue weighted by molar-refractivity contribution is 7.92. The molecule has 0 saturated heterocycles. The van der Waals surface area contributed by atoms with Gasteiger partial charge < -0.3 is 15.0 Å². The number of likely N-dealkylation sites (N-methyl/N-ethyl adjacent to an activating group) is 1. The number of aryl methyl sites for hydroxylation is 1. The normalized spacial score (nSPS) is 11.9. The van der Waals surface area contributed by atoms with Crippen molar-refractivity contribution in [3.8, 4) is 5.75 Å². The lowest BCUT2D eigenvalue weighted by atomic mass is 10.1. The predicted octanol–water partition coefficient (Wildman–Crippen LogP) is 5.45. The maximum atomic E-state index is 14.0. The van der Waals surface area contributed by atoms with Gasteiger partial charge in [-0.3, -0.25) is 13.9 Å². The number of hydrogen-bond acceptors (Lipinski definition) is 5. The van der Waals surface area contributed by atoms with Gasteiger partial charge in [-0.05, 0) is 74.4 Å². The van der Waals surface area contributed by atoms with Gasteiger partial charge in [0.2, 0.25) is 11.8 Å². The zero-order valence-corrected chi connectivity index (χ0v) is 25.2. The van der Waals surface area contributed by atoms with Crippen molar-refractivity contribution in [1.29, 1.82) is 0 Å². The number of methoxy groups -OCH3 is 1. The molecule has 40 heavy (non-hydrogen) atoms. The largest absolute Gasteiger partial charge is 0.497 e. The van der Waals surface area contributed by atoms with Gasteiger partial charge in [0.1, 0.15) is 18.3 Å². The minimum atomic E-state index is -4.16. The average Bonchev–Trinajstić information content (AvgIpc) is 2.93.